The van der Waals surface area contributed by atoms with Crippen LogP contribution in [-0.2, 0) is 6.54 Å². The highest BCUT2D eigenvalue weighted by molar-refractivity contribution is 7.71. The molecule has 1 N–H and O–H groups in total. The number of hydrogen-bond acceptors (Lipinski definition) is 2. The molecule has 0 saturated heterocycles. The first-order valence-corrected chi connectivity index (χ1v) is 7.14. The van der Waals surface area contributed by atoms with Crippen LogP contribution < -0.4 is 0 Å². The summed E-state index contributed by atoms with van der Waals surface area (Å²) in [5, 5.41) is 7.32. The monoisotopic (exact) mass is 253 g/mol. The standard InChI is InChI=1S/C13H23N3S/c1-4-13(7-5-6-8-13)9-16-11(10(2)3)14-15-12(16)17/h10H,4-9H2,1-3H3,(H,15,17). The molecule has 0 aliphatic heterocycles. The van der Waals surface area contributed by atoms with Crippen LogP contribution in [-0.4, -0.2) is 14.8 Å². The minimum absolute atomic E-state index is 0.429. The summed E-state index contributed by atoms with van der Waals surface area (Å²) in [7, 11) is 0. The van der Waals surface area contributed by atoms with Gasteiger partial charge in [-0.15, -0.1) is 0 Å². The number of nitrogens with zero attached hydrogens (tertiary/aromatic N) is 2. The topological polar surface area (TPSA) is 33.6 Å². The van der Waals surface area contributed by atoms with Crippen molar-refractivity contribution in [1.82, 2.24) is 14.8 Å². The van der Waals surface area contributed by atoms with Crippen molar-refractivity contribution >= 4 is 12.2 Å². The molecule has 1 heterocycles. The van der Waals surface area contributed by atoms with Crippen LogP contribution in [0.1, 0.15) is 64.6 Å². The van der Waals surface area contributed by atoms with Crippen molar-refractivity contribution in [2.75, 3.05) is 0 Å². The van der Waals surface area contributed by atoms with Crippen molar-refractivity contribution in [2.45, 2.75) is 65.3 Å². The molecule has 17 heavy (non-hydrogen) atoms. The van der Waals surface area contributed by atoms with Gasteiger partial charge >= 0.3 is 0 Å². The zero-order chi connectivity index (χ0) is 12.5. The Kier molecular flexibility index (Phi) is 3.71. The Morgan fingerprint density at radius 3 is 2.59 bits per heavy atom. The third-order valence-electron chi connectivity index (χ3n) is 4.21. The smallest absolute Gasteiger partial charge is 0.195 e. The minimum atomic E-state index is 0.429. The number of H-pyrrole nitrogens is 1. The minimum Gasteiger partial charge on any atom is -0.303 e. The van der Waals surface area contributed by atoms with Crippen molar-refractivity contribution in [3.8, 4) is 0 Å². The van der Waals surface area contributed by atoms with Crippen LogP contribution in [0, 0.1) is 10.2 Å². The fourth-order valence-corrected chi connectivity index (χ4v) is 3.21. The average Bonchev–Trinajstić information content (AvgIpc) is 2.89. The summed E-state index contributed by atoms with van der Waals surface area (Å²) in [4.78, 5) is 0. The van der Waals surface area contributed by atoms with Crippen LogP contribution in [0.5, 0.6) is 0 Å². The summed E-state index contributed by atoms with van der Waals surface area (Å²) in [5.74, 6) is 1.54. The fraction of sp³-hybridized carbons (Fsp3) is 0.846. The van der Waals surface area contributed by atoms with Gasteiger partial charge in [-0.3, -0.25) is 5.10 Å². The van der Waals surface area contributed by atoms with E-state index in [0.29, 0.717) is 11.3 Å². The maximum atomic E-state index is 5.37. The molecule has 0 radical (unpaired) electrons. The van der Waals surface area contributed by atoms with Crippen molar-refractivity contribution in [1.29, 1.82) is 0 Å². The van der Waals surface area contributed by atoms with Gasteiger partial charge in [0.05, 0.1) is 0 Å². The average molecular weight is 253 g/mol. The van der Waals surface area contributed by atoms with Crippen LogP contribution in [0.3, 0.4) is 0 Å². The number of hydrogen-bond donors (Lipinski definition) is 1. The van der Waals surface area contributed by atoms with E-state index in [9.17, 15) is 0 Å². The van der Waals surface area contributed by atoms with Crippen molar-refractivity contribution in [3.63, 3.8) is 0 Å². The highest BCUT2D eigenvalue weighted by Gasteiger charge is 2.33. The summed E-state index contributed by atoms with van der Waals surface area (Å²) in [5.41, 5.74) is 0.464. The van der Waals surface area contributed by atoms with E-state index in [4.69, 9.17) is 12.2 Å². The molecule has 1 aromatic heterocycles. The number of nitrogens with one attached hydrogen (secondary N) is 1. The van der Waals surface area contributed by atoms with Gasteiger partial charge in [0.25, 0.3) is 0 Å². The predicted octanol–water partition coefficient (Wildman–Crippen LogP) is 4.03. The summed E-state index contributed by atoms with van der Waals surface area (Å²) in [6, 6.07) is 0. The molecule has 0 spiro atoms. The molecule has 2 rings (SSSR count). The summed E-state index contributed by atoms with van der Waals surface area (Å²) < 4.78 is 3.02. The first-order chi connectivity index (χ1) is 8.08. The van der Waals surface area contributed by atoms with Gasteiger partial charge in [0.15, 0.2) is 4.77 Å². The number of aromatic nitrogens is 3. The first-order valence-electron chi connectivity index (χ1n) is 6.73. The Hall–Kier alpha value is -0.640. The molecular formula is C13H23N3S. The van der Waals surface area contributed by atoms with Gasteiger partial charge in [-0.05, 0) is 36.9 Å². The highest BCUT2D eigenvalue weighted by Crippen LogP contribution is 2.42. The third kappa shape index (κ3) is 2.46. The first kappa shape index (κ1) is 12.8. The second-order valence-electron chi connectivity index (χ2n) is 5.69. The van der Waals surface area contributed by atoms with Gasteiger partial charge in [0, 0.05) is 12.5 Å². The molecule has 0 amide bonds. The molecule has 0 atom stereocenters. The van der Waals surface area contributed by atoms with Crippen molar-refractivity contribution < 1.29 is 0 Å². The third-order valence-corrected chi connectivity index (χ3v) is 4.52. The van der Waals surface area contributed by atoms with E-state index in [1.54, 1.807) is 0 Å². The molecule has 3 nitrogen and oxygen atoms in total. The van der Waals surface area contributed by atoms with E-state index in [1.165, 1.54) is 32.1 Å². The quantitative estimate of drug-likeness (QED) is 0.822. The lowest BCUT2D eigenvalue weighted by Gasteiger charge is -2.28. The lowest BCUT2D eigenvalue weighted by Crippen LogP contribution is -2.24. The maximum Gasteiger partial charge on any atom is 0.195 e. The number of rotatable bonds is 4. The molecule has 1 fully saturated rings. The lowest BCUT2D eigenvalue weighted by molar-refractivity contribution is 0.232. The zero-order valence-electron chi connectivity index (χ0n) is 11.1. The summed E-state index contributed by atoms with van der Waals surface area (Å²) in [6.45, 7) is 7.71. The van der Waals surface area contributed by atoms with Gasteiger partial charge in [0.1, 0.15) is 5.82 Å². The Balaban J connectivity index is 2.28. The van der Waals surface area contributed by atoms with E-state index >= 15 is 0 Å². The van der Waals surface area contributed by atoms with Crippen LogP contribution in [0.15, 0.2) is 0 Å². The van der Waals surface area contributed by atoms with Crippen molar-refractivity contribution in [2.24, 2.45) is 5.41 Å². The Morgan fingerprint density at radius 2 is 2.06 bits per heavy atom. The zero-order valence-corrected chi connectivity index (χ0v) is 11.9. The van der Waals surface area contributed by atoms with E-state index in [1.807, 2.05) is 0 Å². The molecule has 1 aliphatic rings. The van der Waals surface area contributed by atoms with E-state index < -0.39 is 0 Å². The van der Waals surface area contributed by atoms with Crippen LogP contribution in [0.2, 0.25) is 0 Å². The lowest BCUT2D eigenvalue weighted by atomic mass is 9.83. The summed E-state index contributed by atoms with van der Waals surface area (Å²) in [6.07, 6.45) is 6.67. The Morgan fingerprint density at radius 1 is 1.41 bits per heavy atom. The van der Waals surface area contributed by atoms with Gasteiger partial charge in [-0.25, -0.2) is 0 Å². The van der Waals surface area contributed by atoms with Crippen LogP contribution in [0.25, 0.3) is 0 Å². The van der Waals surface area contributed by atoms with Crippen LogP contribution in [0.4, 0.5) is 0 Å². The molecular weight excluding hydrogens is 230 g/mol. The van der Waals surface area contributed by atoms with E-state index in [-0.39, 0.29) is 0 Å². The van der Waals surface area contributed by atoms with Crippen molar-refractivity contribution in [3.05, 3.63) is 10.6 Å². The highest BCUT2D eigenvalue weighted by atomic mass is 32.1. The Bertz CT molecular complexity index is 424. The summed E-state index contributed by atoms with van der Waals surface area (Å²) >= 11 is 5.37. The molecule has 1 saturated carbocycles. The molecule has 0 bridgehead atoms. The van der Waals surface area contributed by atoms with Gasteiger partial charge in [-0.2, -0.15) is 5.10 Å². The molecule has 1 aliphatic carbocycles. The Labute approximate surface area is 109 Å². The van der Waals surface area contributed by atoms with Crippen LogP contribution >= 0.6 is 12.2 Å². The second-order valence-corrected chi connectivity index (χ2v) is 6.08. The van der Waals surface area contributed by atoms with E-state index in [0.717, 1.165) is 17.1 Å². The molecule has 96 valence electrons. The van der Waals surface area contributed by atoms with Gasteiger partial charge in [-0.1, -0.05) is 33.6 Å². The maximum absolute atomic E-state index is 5.37. The molecule has 1 aromatic rings. The molecule has 0 aromatic carbocycles. The largest absolute Gasteiger partial charge is 0.303 e. The van der Waals surface area contributed by atoms with E-state index in [2.05, 4.69) is 35.5 Å². The predicted molar refractivity (Wildman–Crippen MR) is 72.7 cm³/mol. The second kappa shape index (κ2) is 4.92. The number of aromatic amines is 1. The van der Waals surface area contributed by atoms with Gasteiger partial charge < -0.3 is 4.57 Å². The molecule has 4 heteroatoms. The SMILES string of the molecule is CCC1(Cn2c(C(C)C)n[nH]c2=S)CCCC1. The normalized spacial score (nSPS) is 19.1. The molecule has 0 unspecified atom stereocenters. The fourth-order valence-electron chi connectivity index (χ4n) is 3.01. The van der Waals surface area contributed by atoms with Gasteiger partial charge in [0.2, 0.25) is 0 Å².